The Bertz CT molecular complexity index is 5040. The third-order valence-electron chi connectivity index (χ3n) is 18.5. The number of anilines is 12. The second-order valence-corrected chi connectivity index (χ2v) is 28.3. The largest absolute Gasteiger partial charge is 0.310 e. The summed E-state index contributed by atoms with van der Waals surface area (Å²) in [6.45, 7) is 13.2. The number of hydrogen-bond donors (Lipinski definition) is 0. The van der Waals surface area contributed by atoms with Crippen LogP contribution in [0.25, 0.3) is 64.6 Å². The molecule has 18 rings (SSSR count). The van der Waals surface area contributed by atoms with Crippen LogP contribution >= 0.6 is 35.3 Å². The van der Waals surface area contributed by atoms with Crippen LogP contribution in [0.15, 0.2) is 284 Å². The van der Waals surface area contributed by atoms with E-state index in [1.54, 1.807) is 0 Å². The van der Waals surface area contributed by atoms with Gasteiger partial charge in [-0.05, 0) is 267 Å². The molecule has 0 aromatic heterocycles. The molecule has 0 N–H and O–H groups in total. The predicted molar refractivity (Wildman–Crippen MR) is 391 cm³/mol. The summed E-state index contributed by atoms with van der Waals surface area (Å²) in [5.41, 5.74) is 21.5. The lowest BCUT2D eigenvalue weighted by Crippen LogP contribution is -2.23. The second kappa shape index (κ2) is 20.8. The molecule has 0 radical (unpaired) electrons. The van der Waals surface area contributed by atoms with Gasteiger partial charge in [0, 0.05) is 80.6 Å². The Labute approximate surface area is 543 Å². The molecule has 3 aliphatic rings. The van der Waals surface area contributed by atoms with Crippen LogP contribution in [0.2, 0.25) is 0 Å². The van der Waals surface area contributed by atoms with E-state index >= 15 is 0 Å². The maximum atomic E-state index is 2.68. The maximum Gasteiger partial charge on any atom is 0.0749 e. The first-order valence-electron chi connectivity index (χ1n) is 31.2. The van der Waals surface area contributed by atoms with Crippen LogP contribution in [0.3, 0.4) is 0 Å². The van der Waals surface area contributed by atoms with E-state index in [-0.39, 0.29) is 0 Å². The highest BCUT2D eigenvalue weighted by Crippen LogP contribution is 2.70. The fourth-order valence-electron chi connectivity index (χ4n) is 14.8. The van der Waals surface area contributed by atoms with Crippen LogP contribution in [-0.4, -0.2) is 0 Å². The molecule has 0 unspecified atom stereocenters. The van der Waals surface area contributed by atoms with Gasteiger partial charge in [-0.25, -0.2) is 0 Å². The van der Waals surface area contributed by atoms with Crippen molar-refractivity contribution < 1.29 is 0 Å². The maximum absolute atomic E-state index is 2.68. The van der Waals surface area contributed by atoms with Crippen molar-refractivity contribution in [2.75, 3.05) is 19.6 Å². The number of benzene rings is 15. The zero-order valence-electron chi connectivity index (χ0n) is 51.3. The summed E-state index contributed by atoms with van der Waals surface area (Å²) in [5, 5.41) is 14.7. The summed E-state index contributed by atoms with van der Waals surface area (Å²) in [6.07, 6.45) is 0. The molecule has 15 aromatic rings. The van der Waals surface area contributed by atoms with Crippen molar-refractivity contribution >= 4 is 168 Å². The lowest BCUT2D eigenvalue weighted by atomic mass is 10.0. The Morgan fingerprint density at radius 3 is 0.736 bits per heavy atom. The predicted octanol–water partition coefficient (Wildman–Crippen LogP) is 25.7. The number of rotatable bonds is 9. The molecule has 3 aliphatic heterocycles. The Morgan fingerprint density at radius 1 is 0.220 bits per heavy atom. The van der Waals surface area contributed by atoms with Gasteiger partial charge in [0.1, 0.15) is 0 Å². The molecular weight excluding hydrogens is 1160 g/mol. The highest BCUT2D eigenvalue weighted by atomic mass is 32.2. The van der Waals surface area contributed by atoms with E-state index in [9.17, 15) is 0 Å². The first kappa shape index (κ1) is 54.1. The molecule has 434 valence electrons. The van der Waals surface area contributed by atoms with Gasteiger partial charge < -0.3 is 19.6 Å². The monoisotopic (exact) mass is 1220 g/mol. The van der Waals surface area contributed by atoms with Crippen molar-refractivity contribution in [1.82, 2.24) is 0 Å². The lowest BCUT2D eigenvalue weighted by Gasteiger charge is -2.44. The van der Waals surface area contributed by atoms with Crippen molar-refractivity contribution in [2.24, 2.45) is 0 Å². The summed E-state index contributed by atoms with van der Waals surface area (Å²) >= 11 is 5.83. The summed E-state index contributed by atoms with van der Waals surface area (Å²) in [4.78, 5) is 17.7. The Hall–Kier alpha value is -9.89. The van der Waals surface area contributed by atoms with Crippen LogP contribution in [0, 0.1) is 41.5 Å². The lowest BCUT2D eigenvalue weighted by molar-refractivity contribution is 1.05. The minimum absolute atomic E-state index is 1.12. The van der Waals surface area contributed by atoms with Crippen LogP contribution < -0.4 is 19.6 Å². The van der Waals surface area contributed by atoms with Crippen molar-refractivity contribution in [3.05, 3.63) is 288 Å². The molecule has 0 fully saturated rings. The summed E-state index contributed by atoms with van der Waals surface area (Å²) in [7, 11) is 0. The molecule has 0 aliphatic carbocycles. The number of nitrogens with zero attached hydrogens (tertiary/aromatic N) is 4. The van der Waals surface area contributed by atoms with E-state index in [4.69, 9.17) is 0 Å². The first-order chi connectivity index (χ1) is 44.5. The molecule has 0 saturated carbocycles. The second-order valence-electron chi connectivity index (χ2n) is 25.2. The van der Waals surface area contributed by atoms with E-state index in [1.807, 2.05) is 35.3 Å². The van der Waals surface area contributed by atoms with Crippen molar-refractivity contribution in [2.45, 2.75) is 70.9 Å². The molecule has 0 bridgehead atoms. The van der Waals surface area contributed by atoms with Crippen LogP contribution in [0.5, 0.6) is 0 Å². The van der Waals surface area contributed by atoms with Gasteiger partial charge >= 0.3 is 0 Å². The third-order valence-corrected chi connectivity index (χ3v) is 21.9. The average molecular weight is 1220 g/mol. The first-order valence-corrected chi connectivity index (χ1v) is 33.7. The quantitative estimate of drug-likeness (QED) is 0.141. The average Bonchev–Trinajstić information content (AvgIpc) is 0.695. The summed E-state index contributed by atoms with van der Waals surface area (Å²) < 4.78 is 0. The van der Waals surface area contributed by atoms with Gasteiger partial charge in [0.15, 0.2) is 0 Å². The zero-order chi connectivity index (χ0) is 60.9. The van der Waals surface area contributed by atoms with Gasteiger partial charge in [0.25, 0.3) is 0 Å². The molecule has 7 heteroatoms. The molecule has 0 atom stereocenters. The van der Waals surface area contributed by atoms with Gasteiger partial charge in [0.2, 0.25) is 0 Å². The molecule has 0 amide bonds. The van der Waals surface area contributed by atoms with E-state index < -0.39 is 0 Å². The molecule has 91 heavy (non-hydrogen) atoms. The standard InChI is InChI=1S/C84H60N4S3/c1-49-31-50(2)35-70(34-49)85(64-22-19-55-13-7-10-16-58(55)40-64)67-25-28-73-61(43-67)46-76-79-82(73)90-77-47-62-44-69(87(72-38-53(5)33-54(6)39-72)66-24-21-57-15-9-12-18-60(57)42-66)27-30-75(62)84-80(77)88(79)81-78(91-84)48-63-45-68(26-29-74(63)83(81)89-76)86(71-36-51(3)32-52(4)37-71)65-23-20-56-14-8-11-17-59(56)41-65/h7-48H,1-6H3. The third kappa shape index (κ3) is 8.99. The summed E-state index contributed by atoms with van der Waals surface area (Å²) in [5.74, 6) is 0. The van der Waals surface area contributed by atoms with Gasteiger partial charge in [0.05, 0.1) is 17.1 Å². The van der Waals surface area contributed by atoms with E-state index in [2.05, 4.69) is 316 Å². The minimum Gasteiger partial charge on any atom is -0.310 e. The van der Waals surface area contributed by atoms with Crippen molar-refractivity contribution in [3.63, 3.8) is 0 Å². The van der Waals surface area contributed by atoms with E-state index in [1.165, 1.54) is 144 Å². The molecule has 3 heterocycles. The number of aryl methyl sites for hydroxylation is 6. The smallest absolute Gasteiger partial charge is 0.0749 e. The van der Waals surface area contributed by atoms with Gasteiger partial charge in [-0.3, -0.25) is 0 Å². The van der Waals surface area contributed by atoms with Gasteiger partial charge in [-0.1, -0.05) is 163 Å². The van der Waals surface area contributed by atoms with Crippen LogP contribution in [0.4, 0.5) is 68.2 Å². The van der Waals surface area contributed by atoms with E-state index in [0.717, 1.165) is 51.2 Å². The van der Waals surface area contributed by atoms with E-state index in [0.29, 0.717) is 0 Å². The topological polar surface area (TPSA) is 13.0 Å². The van der Waals surface area contributed by atoms with Gasteiger partial charge in [-0.2, -0.15) is 0 Å². The number of hydrogen-bond acceptors (Lipinski definition) is 7. The summed E-state index contributed by atoms with van der Waals surface area (Å²) in [6, 6.07) is 96.6. The van der Waals surface area contributed by atoms with Crippen molar-refractivity contribution in [1.29, 1.82) is 0 Å². The molecule has 0 saturated heterocycles. The fraction of sp³-hybridized carbons (Fsp3) is 0.0714. The van der Waals surface area contributed by atoms with Gasteiger partial charge in [-0.15, -0.1) is 0 Å². The Kier molecular flexibility index (Phi) is 12.4. The zero-order valence-corrected chi connectivity index (χ0v) is 53.7. The molecule has 15 aromatic carbocycles. The Morgan fingerprint density at radius 2 is 0.462 bits per heavy atom. The molecule has 0 spiro atoms. The molecule has 4 nitrogen and oxygen atoms in total. The molecular formula is C84H60N4S3. The SMILES string of the molecule is Cc1cc(C)cc(N(c2ccc3ccccc3c2)c2ccc3c4c5c(cc3c2)Sc2c3c(cc6cc(N(c7cc(C)cc(C)c7)c7ccc8ccccc8c7)ccc26)Sc2c(c(cc6cc(N(c7cc(C)cc(C)c7)c7ccc8ccccc8c7)ccc26)S4)N53)c1. The fourth-order valence-corrected chi connectivity index (χ4v) is 18.8. The van der Waals surface area contributed by atoms with Crippen molar-refractivity contribution in [3.8, 4) is 0 Å². The highest BCUT2D eigenvalue weighted by Gasteiger charge is 2.42. The number of fused-ring (bicyclic) bond motifs is 9. The Balaban J connectivity index is 0.860. The van der Waals surface area contributed by atoms with Crippen LogP contribution in [-0.2, 0) is 0 Å². The highest BCUT2D eigenvalue weighted by molar-refractivity contribution is 8.02. The minimum atomic E-state index is 1.12. The van der Waals surface area contributed by atoms with Crippen LogP contribution in [0.1, 0.15) is 33.4 Å². The normalized spacial score (nSPS) is 12.8.